The molecule has 0 heterocycles. The number of halogens is 1. The Morgan fingerprint density at radius 2 is 2.12 bits per heavy atom. The monoisotopic (exact) mass is 156 g/mol. The molecule has 1 aliphatic rings. The van der Waals surface area contributed by atoms with Crippen molar-refractivity contribution in [2.75, 3.05) is 6.26 Å². The van der Waals surface area contributed by atoms with Crippen molar-refractivity contribution in [2.45, 2.75) is 18.1 Å². The number of hydrogen-bond acceptors (Lipinski definition) is 1. The van der Waals surface area contributed by atoms with Crippen LogP contribution in [-0.2, 0) is 8.56 Å². The summed E-state index contributed by atoms with van der Waals surface area (Å²) in [6.45, 7) is 0. The second-order valence-electron chi connectivity index (χ2n) is 2.44. The summed E-state index contributed by atoms with van der Waals surface area (Å²) >= 11 is 0. The highest BCUT2D eigenvalue weighted by atomic mass is 35.7. The lowest BCUT2D eigenvalue weighted by Gasteiger charge is -2.29. The molecule has 0 amide bonds. The third-order valence-electron chi connectivity index (χ3n) is 1.27. The topological polar surface area (TPSA) is 37.3 Å². The van der Waals surface area contributed by atoms with Crippen molar-refractivity contribution in [3.05, 3.63) is 0 Å². The zero-order valence-corrected chi connectivity index (χ0v) is 6.21. The minimum atomic E-state index is -3.63. The van der Waals surface area contributed by atoms with Gasteiger partial charge in [-0.05, 0) is 12.8 Å². The maximum atomic E-state index is 10.9. The Morgan fingerprint density at radius 3 is 2.12 bits per heavy atom. The van der Waals surface area contributed by atoms with Crippen LogP contribution in [0.5, 0.6) is 0 Å². The molecular formula is C4H9ClO2S. The fourth-order valence-electron chi connectivity index (χ4n) is 0.594. The summed E-state index contributed by atoms with van der Waals surface area (Å²) in [7, 11) is 1.66. The van der Waals surface area contributed by atoms with Crippen LogP contribution in [0.3, 0.4) is 0 Å². The molecule has 1 N–H and O–H groups in total. The van der Waals surface area contributed by atoms with Gasteiger partial charge < -0.3 is 0 Å². The molecule has 0 aliphatic heterocycles. The van der Waals surface area contributed by atoms with Crippen LogP contribution in [0.25, 0.3) is 0 Å². The van der Waals surface area contributed by atoms with E-state index in [-0.39, 0.29) is 5.25 Å². The van der Waals surface area contributed by atoms with Crippen molar-refractivity contribution < 1.29 is 8.76 Å². The SMILES string of the molecule is CS(=O)(O)(Cl)C1CC1. The Kier molecular flexibility index (Phi) is 1.04. The second kappa shape index (κ2) is 1.28. The van der Waals surface area contributed by atoms with E-state index in [0.717, 1.165) is 12.8 Å². The van der Waals surface area contributed by atoms with Gasteiger partial charge in [-0.3, -0.25) is 4.55 Å². The molecule has 50 valence electrons. The molecule has 0 radical (unpaired) electrons. The van der Waals surface area contributed by atoms with Gasteiger partial charge in [0.05, 0.1) is 5.25 Å². The van der Waals surface area contributed by atoms with Crippen LogP contribution >= 0.6 is 10.7 Å². The molecule has 1 rings (SSSR count). The van der Waals surface area contributed by atoms with Gasteiger partial charge >= 0.3 is 0 Å². The van der Waals surface area contributed by atoms with Gasteiger partial charge in [-0.1, -0.05) is 0 Å². The Morgan fingerprint density at radius 1 is 1.75 bits per heavy atom. The third kappa shape index (κ3) is 1.44. The highest BCUT2D eigenvalue weighted by Crippen LogP contribution is 2.43. The lowest BCUT2D eigenvalue weighted by molar-refractivity contribution is 0.537. The molecule has 0 unspecified atom stereocenters. The van der Waals surface area contributed by atoms with Gasteiger partial charge in [-0.2, -0.15) is 4.21 Å². The molecule has 1 aliphatic carbocycles. The summed E-state index contributed by atoms with van der Waals surface area (Å²) in [6, 6.07) is 0. The first kappa shape index (κ1) is 6.52. The summed E-state index contributed by atoms with van der Waals surface area (Å²) in [5.41, 5.74) is 0. The van der Waals surface area contributed by atoms with Crippen LogP contribution in [0.4, 0.5) is 0 Å². The molecule has 0 bridgehead atoms. The first-order chi connectivity index (χ1) is 3.36. The normalized spacial score (nSPS) is 26.6. The standard InChI is InChI=1S/C4H9ClO2S/c1-8(5,6,7)4-2-3-4/h4H,2-3H2,1H3,(H,6,7). The van der Waals surface area contributed by atoms with Gasteiger partial charge in [0.2, 0.25) is 0 Å². The fraction of sp³-hybridized carbons (Fsp3) is 1.00. The van der Waals surface area contributed by atoms with E-state index < -0.39 is 8.56 Å². The summed E-state index contributed by atoms with van der Waals surface area (Å²) < 4.78 is 19.8. The molecule has 1 saturated carbocycles. The van der Waals surface area contributed by atoms with E-state index in [9.17, 15) is 4.21 Å². The summed E-state index contributed by atoms with van der Waals surface area (Å²) in [5, 5.41) is -0.131. The quantitative estimate of drug-likeness (QED) is 0.580. The number of rotatable bonds is 1. The van der Waals surface area contributed by atoms with E-state index in [0.29, 0.717) is 0 Å². The van der Waals surface area contributed by atoms with Gasteiger partial charge in [-0.15, -0.1) is 8.56 Å². The first-order valence-electron chi connectivity index (χ1n) is 2.46. The van der Waals surface area contributed by atoms with Crippen molar-refractivity contribution >= 4 is 19.2 Å². The van der Waals surface area contributed by atoms with Crippen LogP contribution in [0.1, 0.15) is 12.8 Å². The van der Waals surface area contributed by atoms with Crippen LogP contribution < -0.4 is 0 Å². The van der Waals surface area contributed by atoms with Crippen molar-refractivity contribution in [1.29, 1.82) is 0 Å². The maximum Gasteiger partial charge on any atom is 0.0595 e. The van der Waals surface area contributed by atoms with Crippen LogP contribution in [0.2, 0.25) is 0 Å². The fourth-order valence-corrected chi connectivity index (χ4v) is 2.32. The van der Waals surface area contributed by atoms with Gasteiger partial charge in [0, 0.05) is 16.9 Å². The van der Waals surface area contributed by atoms with E-state index in [2.05, 4.69) is 0 Å². The average Bonchev–Trinajstić information content (AvgIpc) is 1.93. The molecule has 0 aromatic heterocycles. The molecule has 4 heteroatoms. The zero-order chi connectivity index (χ0) is 6.44. The molecule has 0 saturated heterocycles. The van der Waals surface area contributed by atoms with Crippen LogP contribution in [0.15, 0.2) is 0 Å². The minimum absolute atomic E-state index is 0.131. The van der Waals surface area contributed by atoms with E-state index in [4.69, 9.17) is 15.2 Å². The summed E-state index contributed by atoms with van der Waals surface area (Å²) in [5.74, 6) is 0. The second-order valence-corrected chi connectivity index (χ2v) is 7.83. The highest BCUT2D eigenvalue weighted by Gasteiger charge is 2.39. The molecular weight excluding hydrogens is 148 g/mol. The molecule has 1 fully saturated rings. The van der Waals surface area contributed by atoms with Crippen LogP contribution in [0, 0.1) is 0 Å². The third-order valence-corrected chi connectivity index (χ3v) is 3.99. The smallest absolute Gasteiger partial charge is 0.0595 e. The lowest BCUT2D eigenvalue weighted by Crippen LogP contribution is -2.27. The van der Waals surface area contributed by atoms with Gasteiger partial charge in [0.1, 0.15) is 0 Å². The lowest BCUT2D eigenvalue weighted by atomic mass is 11.0. The summed E-state index contributed by atoms with van der Waals surface area (Å²) in [6.07, 6.45) is 2.83. The molecule has 0 aromatic carbocycles. The highest BCUT2D eigenvalue weighted by molar-refractivity contribution is 8.34. The van der Waals surface area contributed by atoms with Crippen molar-refractivity contribution in [3.8, 4) is 0 Å². The van der Waals surface area contributed by atoms with Gasteiger partial charge in [-0.25, -0.2) is 0 Å². The molecule has 8 heavy (non-hydrogen) atoms. The zero-order valence-electron chi connectivity index (χ0n) is 4.63. The van der Waals surface area contributed by atoms with Gasteiger partial charge in [0.25, 0.3) is 0 Å². The Balaban J connectivity index is 2.79. The van der Waals surface area contributed by atoms with Gasteiger partial charge in [0.15, 0.2) is 0 Å². The van der Waals surface area contributed by atoms with E-state index in [1.54, 1.807) is 0 Å². The van der Waals surface area contributed by atoms with Crippen molar-refractivity contribution in [1.82, 2.24) is 0 Å². The van der Waals surface area contributed by atoms with E-state index in [1.807, 2.05) is 0 Å². The van der Waals surface area contributed by atoms with E-state index >= 15 is 0 Å². The largest absolute Gasteiger partial charge is 0.290 e. The Labute approximate surface area is 52.9 Å². The molecule has 0 aromatic rings. The van der Waals surface area contributed by atoms with Crippen molar-refractivity contribution in [3.63, 3.8) is 0 Å². The average molecular weight is 157 g/mol. The summed E-state index contributed by atoms with van der Waals surface area (Å²) in [4.78, 5) is 0. The Hall–Kier alpha value is 0.400. The predicted octanol–water partition coefficient (Wildman–Crippen LogP) is 1.23. The maximum absolute atomic E-state index is 10.9. The molecule has 0 atom stereocenters. The van der Waals surface area contributed by atoms with E-state index in [1.165, 1.54) is 6.26 Å². The predicted molar refractivity (Wildman–Crippen MR) is 35.6 cm³/mol. The Bertz CT molecular complexity index is 156. The minimum Gasteiger partial charge on any atom is -0.290 e. The van der Waals surface area contributed by atoms with Crippen molar-refractivity contribution in [2.24, 2.45) is 0 Å². The van der Waals surface area contributed by atoms with Crippen LogP contribution in [-0.4, -0.2) is 20.3 Å². The first-order valence-corrected chi connectivity index (χ1v) is 5.68. The number of hydrogen-bond donors (Lipinski definition) is 1. The molecule has 0 spiro atoms. The molecule has 2 nitrogen and oxygen atoms in total.